The molecule has 0 bridgehead atoms. The van der Waals surface area contributed by atoms with Crippen LogP contribution in [0.1, 0.15) is 24.8 Å². The number of methoxy groups -OCH3 is 1. The fourth-order valence-corrected chi connectivity index (χ4v) is 4.78. The summed E-state index contributed by atoms with van der Waals surface area (Å²) in [7, 11) is 1.70. The Morgan fingerprint density at radius 1 is 1.09 bits per heavy atom. The van der Waals surface area contributed by atoms with Gasteiger partial charge in [-0.15, -0.1) is 0 Å². The van der Waals surface area contributed by atoms with E-state index in [0.29, 0.717) is 11.5 Å². The number of ether oxygens (including phenoxy) is 1. The largest absolute Gasteiger partial charge is 0.495 e. The zero-order valence-electron chi connectivity index (χ0n) is 18.7. The smallest absolute Gasteiger partial charge is 0.142 e. The number of nitrogens with two attached hydrogens (primary N) is 2. The molecule has 0 spiro atoms. The van der Waals surface area contributed by atoms with Crippen LogP contribution in [0.4, 0.5) is 17.2 Å². The summed E-state index contributed by atoms with van der Waals surface area (Å²) in [4.78, 5) is 11.9. The number of pyridine rings is 2. The van der Waals surface area contributed by atoms with Crippen LogP contribution in [0.5, 0.6) is 5.75 Å². The van der Waals surface area contributed by atoms with Crippen LogP contribution >= 0.6 is 0 Å². The normalized spacial score (nSPS) is 14.6. The summed E-state index contributed by atoms with van der Waals surface area (Å²) in [5, 5.41) is 7.42. The number of nitrogen functional groups attached to an aromatic ring is 2. The van der Waals surface area contributed by atoms with Crippen molar-refractivity contribution in [2.75, 3.05) is 50.1 Å². The fourth-order valence-electron chi connectivity index (χ4n) is 4.78. The number of hydrogen-bond donors (Lipinski definition) is 3. The van der Waals surface area contributed by atoms with Gasteiger partial charge in [0.25, 0.3) is 0 Å². The van der Waals surface area contributed by atoms with Crippen LogP contribution in [0.3, 0.4) is 0 Å². The Balaban J connectivity index is 1.57. The maximum Gasteiger partial charge on any atom is 0.142 e. The highest BCUT2D eigenvalue weighted by atomic mass is 16.5. The molecule has 166 valence electrons. The number of fused-ring (bicyclic) bond motifs is 5. The molecule has 5 N–H and O–H groups in total. The number of benzene rings is 2. The number of aromatic nitrogens is 2. The van der Waals surface area contributed by atoms with Gasteiger partial charge in [0, 0.05) is 40.0 Å². The van der Waals surface area contributed by atoms with Crippen LogP contribution < -0.4 is 21.5 Å². The van der Waals surface area contributed by atoms with E-state index in [2.05, 4.69) is 27.3 Å². The van der Waals surface area contributed by atoms with Crippen LogP contribution in [0.25, 0.3) is 32.6 Å². The van der Waals surface area contributed by atoms with Gasteiger partial charge in [-0.3, -0.25) is 4.98 Å². The molecule has 0 radical (unpaired) electrons. The van der Waals surface area contributed by atoms with Crippen LogP contribution in [-0.2, 0) is 0 Å². The SMILES string of the molecule is COc1cc2c(cc1NCCCN1CCCC1)ncc1c(N)nc3c(C)c(N)ccc3c12. The maximum atomic E-state index is 6.33. The summed E-state index contributed by atoms with van der Waals surface area (Å²) in [6.45, 7) is 6.46. The van der Waals surface area contributed by atoms with Gasteiger partial charge in [0.2, 0.25) is 0 Å². The summed E-state index contributed by atoms with van der Waals surface area (Å²) in [5.74, 6) is 1.25. The van der Waals surface area contributed by atoms with Gasteiger partial charge in [-0.05, 0) is 69.6 Å². The van der Waals surface area contributed by atoms with Crippen molar-refractivity contribution in [1.82, 2.24) is 14.9 Å². The topological polar surface area (TPSA) is 102 Å². The third kappa shape index (κ3) is 3.52. The quantitative estimate of drug-likeness (QED) is 0.238. The van der Waals surface area contributed by atoms with Crippen LogP contribution in [0.15, 0.2) is 30.5 Å². The minimum absolute atomic E-state index is 0.457. The number of rotatable bonds is 6. The van der Waals surface area contributed by atoms with Crippen molar-refractivity contribution in [2.45, 2.75) is 26.2 Å². The third-order valence-corrected chi connectivity index (χ3v) is 6.60. The van der Waals surface area contributed by atoms with E-state index in [4.69, 9.17) is 21.2 Å². The molecule has 0 unspecified atom stereocenters. The predicted molar refractivity (Wildman–Crippen MR) is 133 cm³/mol. The van der Waals surface area contributed by atoms with Gasteiger partial charge in [-0.25, -0.2) is 4.98 Å². The highest BCUT2D eigenvalue weighted by Crippen LogP contribution is 2.38. The molecule has 1 saturated heterocycles. The Bertz CT molecular complexity index is 1310. The van der Waals surface area contributed by atoms with Crippen molar-refractivity contribution in [3.63, 3.8) is 0 Å². The molecule has 1 aliphatic heterocycles. The van der Waals surface area contributed by atoms with Crippen LogP contribution in [0.2, 0.25) is 0 Å². The van der Waals surface area contributed by atoms with Crippen molar-refractivity contribution in [2.24, 2.45) is 0 Å². The van der Waals surface area contributed by atoms with E-state index >= 15 is 0 Å². The summed E-state index contributed by atoms with van der Waals surface area (Å²) in [6.07, 6.45) is 5.56. The highest BCUT2D eigenvalue weighted by Gasteiger charge is 2.16. The lowest BCUT2D eigenvalue weighted by Crippen LogP contribution is -2.22. The van der Waals surface area contributed by atoms with E-state index in [1.807, 2.05) is 25.3 Å². The highest BCUT2D eigenvalue weighted by molar-refractivity contribution is 6.22. The zero-order valence-corrected chi connectivity index (χ0v) is 18.7. The van der Waals surface area contributed by atoms with Gasteiger partial charge in [0.15, 0.2) is 0 Å². The van der Waals surface area contributed by atoms with Gasteiger partial charge < -0.3 is 26.4 Å². The molecule has 0 aliphatic carbocycles. The molecule has 5 rings (SSSR count). The second-order valence-corrected chi connectivity index (χ2v) is 8.62. The first-order valence-corrected chi connectivity index (χ1v) is 11.3. The van der Waals surface area contributed by atoms with Crippen LogP contribution in [0, 0.1) is 6.92 Å². The molecule has 7 nitrogen and oxygen atoms in total. The molecule has 4 aromatic rings. The van der Waals surface area contributed by atoms with Gasteiger partial charge in [0.05, 0.1) is 23.8 Å². The predicted octanol–water partition coefficient (Wildman–Crippen LogP) is 4.32. The molecule has 0 saturated carbocycles. The molecule has 2 aromatic heterocycles. The molecule has 32 heavy (non-hydrogen) atoms. The Labute approximate surface area is 187 Å². The van der Waals surface area contributed by atoms with Crippen molar-refractivity contribution < 1.29 is 4.74 Å². The number of nitrogens with one attached hydrogen (secondary N) is 1. The van der Waals surface area contributed by atoms with Gasteiger partial charge in [0.1, 0.15) is 11.6 Å². The van der Waals surface area contributed by atoms with E-state index in [-0.39, 0.29) is 0 Å². The van der Waals surface area contributed by atoms with E-state index < -0.39 is 0 Å². The third-order valence-electron chi connectivity index (χ3n) is 6.60. The summed E-state index contributed by atoms with van der Waals surface area (Å²) in [5.41, 5.74) is 16.8. The first kappa shape index (κ1) is 20.6. The molecule has 0 amide bonds. The van der Waals surface area contributed by atoms with E-state index in [1.165, 1.54) is 25.9 Å². The van der Waals surface area contributed by atoms with Crippen molar-refractivity contribution in [1.29, 1.82) is 0 Å². The Kier molecular flexibility index (Phi) is 5.35. The molecule has 1 aliphatic rings. The monoisotopic (exact) mass is 430 g/mol. The average molecular weight is 431 g/mol. The molecule has 0 atom stereocenters. The average Bonchev–Trinajstić information content (AvgIpc) is 3.32. The van der Waals surface area contributed by atoms with Crippen molar-refractivity contribution >= 4 is 49.8 Å². The molecular weight excluding hydrogens is 400 g/mol. The van der Waals surface area contributed by atoms with Gasteiger partial charge in [-0.2, -0.15) is 0 Å². The second kappa shape index (κ2) is 8.31. The Morgan fingerprint density at radius 3 is 2.69 bits per heavy atom. The molecule has 1 fully saturated rings. The lowest BCUT2D eigenvalue weighted by atomic mass is 9.99. The first-order chi connectivity index (χ1) is 15.6. The zero-order chi connectivity index (χ0) is 22.2. The molecule has 2 aromatic carbocycles. The number of hydrogen-bond acceptors (Lipinski definition) is 7. The molecule has 7 heteroatoms. The molecule has 3 heterocycles. The summed E-state index contributed by atoms with van der Waals surface area (Å²) in [6, 6.07) is 8.06. The number of aryl methyl sites for hydroxylation is 1. The van der Waals surface area contributed by atoms with Crippen molar-refractivity contribution in [3.05, 3.63) is 36.0 Å². The van der Waals surface area contributed by atoms with E-state index in [1.54, 1.807) is 7.11 Å². The fraction of sp³-hybridized carbons (Fsp3) is 0.360. The molecular formula is C25H30N6O. The minimum atomic E-state index is 0.457. The number of likely N-dealkylation sites (tertiary alicyclic amines) is 1. The van der Waals surface area contributed by atoms with E-state index in [9.17, 15) is 0 Å². The lowest BCUT2D eigenvalue weighted by molar-refractivity contribution is 0.337. The Hall–Kier alpha value is -3.32. The van der Waals surface area contributed by atoms with Crippen LogP contribution in [-0.4, -0.2) is 48.2 Å². The Morgan fingerprint density at radius 2 is 1.91 bits per heavy atom. The van der Waals surface area contributed by atoms with E-state index in [0.717, 1.165) is 69.1 Å². The number of anilines is 3. The van der Waals surface area contributed by atoms with Gasteiger partial charge >= 0.3 is 0 Å². The number of nitrogens with zero attached hydrogens (tertiary/aromatic N) is 3. The summed E-state index contributed by atoms with van der Waals surface area (Å²) < 4.78 is 5.75. The summed E-state index contributed by atoms with van der Waals surface area (Å²) >= 11 is 0. The standard InChI is InChI=1S/C25H30N6O/c1-15-19(26)7-6-16-23-17-12-22(32-2)21(28-8-5-11-31-9-3-4-10-31)13-20(17)29-14-18(23)25(27)30-24(15)16/h6-7,12-14,28H,3-5,8-11,26H2,1-2H3,(H2,27,30). The maximum absolute atomic E-state index is 6.33. The second-order valence-electron chi connectivity index (χ2n) is 8.62. The lowest BCUT2D eigenvalue weighted by Gasteiger charge is -2.17. The van der Waals surface area contributed by atoms with Crippen molar-refractivity contribution in [3.8, 4) is 5.75 Å². The first-order valence-electron chi connectivity index (χ1n) is 11.3. The minimum Gasteiger partial charge on any atom is -0.495 e. The van der Waals surface area contributed by atoms with Gasteiger partial charge in [-0.1, -0.05) is 6.07 Å².